The van der Waals surface area contributed by atoms with E-state index in [1.54, 1.807) is 0 Å². The minimum absolute atomic E-state index is 0.227. The average molecular weight is 437 g/mol. The van der Waals surface area contributed by atoms with Crippen LogP contribution in [0, 0.1) is 11.8 Å². The van der Waals surface area contributed by atoms with Gasteiger partial charge in [-0.3, -0.25) is 9.69 Å². The minimum atomic E-state index is 0.227. The lowest BCUT2D eigenvalue weighted by molar-refractivity contribution is -0.133. The van der Waals surface area contributed by atoms with Gasteiger partial charge in [-0.1, -0.05) is 43.9 Å². The molecule has 3 fully saturated rings. The molecule has 32 heavy (non-hydrogen) atoms. The molecule has 0 spiro atoms. The summed E-state index contributed by atoms with van der Waals surface area (Å²) in [7, 11) is 0. The molecule has 4 heteroatoms. The van der Waals surface area contributed by atoms with Crippen molar-refractivity contribution in [1.82, 2.24) is 9.80 Å². The van der Waals surface area contributed by atoms with Gasteiger partial charge in [-0.15, -0.1) is 0 Å². The van der Waals surface area contributed by atoms with E-state index in [4.69, 9.17) is 4.74 Å². The van der Waals surface area contributed by atoms with Gasteiger partial charge in [0.25, 0.3) is 0 Å². The van der Waals surface area contributed by atoms with Gasteiger partial charge in [-0.25, -0.2) is 0 Å². The van der Waals surface area contributed by atoms with E-state index >= 15 is 0 Å². The van der Waals surface area contributed by atoms with Crippen LogP contribution in [0.4, 0.5) is 0 Å². The molecule has 2 atom stereocenters. The Hall–Kier alpha value is -1.81. The normalized spacial score (nSPS) is 27.0. The first kappa shape index (κ1) is 22.0. The molecule has 0 N–H and O–H groups in total. The Morgan fingerprint density at radius 2 is 1.72 bits per heavy atom. The number of likely N-dealkylation sites (tertiary alicyclic amines) is 2. The third-order valence-electron chi connectivity index (χ3n) is 8.19. The first-order valence-electron chi connectivity index (χ1n) is 13.2. The van der Waals surface area contributed by atoms with Crippen LogP contribution in [0.15, 0.2) is 18.2 Å². The van der Waals surface area contributed by atoms with Gasteiger partial charge in [0.05, 0.1) is 0 Å². The smallest absolute Gasteiger partial charge is 0.226 e. The number of nitrogens with zero attached hydrogens (tertiary/aromatic N) is 2. The van der Waals surface area contributed by atoms with E-state index in [1.165, 1.54) is 74.9 Å². The summed E-state index contributed by atoms with van der Waals surface area (Å²) in [6, 6.07) is 7.05. The molecule has 2 aliphatic heterocycles. The topological polar surface area (TPSA) is 32.8 Å². The van der Waals surface area contributed by atoms with E-state index in [-0.39, 0.29) is 5.92 Å². The molecule has 0 aromatic heterocycles. The largest absolute Gasteiger partial charge is 0.492 e. The zero-order chi connectivity index (χ0) is 21.8. The second kappa shape index (κ2) is 10.4. The van der Waals surface area contributed by atoms with Gasteiger partial charge in [0.15, 0.2) is 0 Å². The maximum atomic E-state index is 13.1. The lowest BCUT2D eigenvalue weighted by Crippen LogP contribution is -2.39. The Bertz CT molecular complexity index is 898. The van der Waals surface area contributed by atoms with Crippen LogP contribution in [0.5, 0.6) is 5.75 Å². The fourth-order valence-electron chi connectivity index (χ4n) is 6.31. The molecular formula is C28H40N2O2. The van der Waals surface area contributed by atoms with Gasteiger partial charge in [0, 0.05) is 25.0 Å². The predicted octanol–water partition coefficient (Wildman–Crippen LogP) is 3.70. The second-order valence-corrected chi connectivity index (χ2v) is 10.5. The van der Waals surface area contributed by atoms with Gasteiger partial charge in [0.2, 0.25) is 5.91 Å². The highest BCUT2D eigenvalue weighted by atomic mass is 16.5. The number of rotatable bonds is 7. The van der Waals surface area contributed by atoms with Crippen molar-refractivity contribution < 1.29 is 9.53 Å². The van der Waals surface area contributed by atoms with Crippen LogP contribution in [0.25, 0.3) is 12.2 Å². The van der Waals surface area contributed by atoms with Crippen molar-refractivity contribution >= 4 is 18.1 Å². The van der Waals surface area contributed by atoms with Crippen molar-refractivity contribution in [3.05, 3.63) is 28.6 Å². The van der Waals surface area contributed by atoms with Crippen molar-refractivity contribution in [3.63, 3.8) is 0 Å². The fourth-order valence-corrected chi connectivity index (χ4v) is 6.31. The van der Waals surface area contributed by atoms with Crippen LogP contribution in [0.3, 0.4) is 0 Å². The molecule has 2 saturated heterocycles. The first-order valence-corrected chi connectivity index (χ1v) is 13.2. The lowest BCUT2D eigenvalue weighted by Gasteiger charge is -2.31. The maximum Gasteiger partial charge on any atom is 0.226 e. The Morgan fingerprint density at radius 1 is 0.906 bits per heavy atom. The van der Waals surface area contributed by atoms with Crippen LogP contribution in [-0.4, -0.2) is 54.5 Å². The molecule has 1 aromatic rings. The predicted molar refractivity (Wildman–Crippen MR) is 130 cm³/mol. The monoisotopic (exact) mass is 436 g/mol. The average Bonchev–Trinajstić information content (AvgIpc) is 3.20. The SMILES string of the molecule is O=C1C(CC2C=c3ccc(OCCN4CCCCC4)cc3=CC2)CCN1C1CCCCC1. The highest BCUT2D eigenvalue weighted by Crippen LogP contribution is 2.32. The van der Waals surface area contributed by atoms with E-state index < -0.39 is 0 Å². The number of fused-ring (bicyclic) bond motifs is 1. The number of benzene rings is 1. The molecule has 1 saturated carbocycles. The molecule has 0 bridgehead atoms. The number of carbonyl (C=O) groups excluding carboxylic acids is 1. The van der Waals surface area contributed by atoms with Crippen molar-refractivity contribution in [2.45, 2.75) is 76.7 Å². The standard InChI is InChI=1S/C28H40N2O2/c31-28-25(13-16-30(28)26-7-3-1-4-8-26)20-22-9-10-24-21-27(12-11-23(24)19-22)32-18-17-29-14-5-2-6-15-29/h10-12,19,21-22,25-26H,1-9,13-18,20H2. The van der Waals surface area contributed by atoms with Crippen LogP contribution in [0.1, 0.15) is 70.6 Å². The van der Waals surface area contributed by atoms with Crippen LogP contribution < -0.4 is 15.2 Å². The summed E-state index contributed by atoms with van der Waals surface area (Å²) in [5.41, 5.74) is 0. The molecule has 1 aromatic carbocycles. The van der Waals surface area contributed by atoms with E-state index in [9.17, 15) is 4.79 Å². The summed E-state index contributed by atoms with van der Waals surface area (Å²) in [5.74, 6) is 2.13. The van der Waals surface area contributed by atoms with Gasteiger partial charge in [0.1, 0.15) is 12.4 Å². The summed E-state index contributed by atoms with van der Waals surface area (Å²) in [6.45, 7) is 5.23. The number of ether oxygens (including phenoxy) is 1. The molecule has 4 nitrogen and oxygen atoms in total. The number of piperidine rings is 1. The quantitative estimate of drug-likeness (QED) is 0.653. The van der Waals surface area contributed by atoms with Gasteiger partial charge in [-0.2, -0.15) is 0 Å². The number of hydrogen-bond acceptors (Lipinski definition) is 3. The highest BCUT2D eigenvalue weighted by Gasteiger charge is 2.36. The summed E-state index contributed by atoms with van der Waals surface area (Å²) < 4.78 is 6.07. The van der Waals surface area contributed by atoms with Crippen LogP contribution in [0.2, 0.25) is 0 Å². The maximum absolute atomic E-state index is 13.1. The first-order chi connectivity index (χ1) is 15.8. The van der Waals surface area contributed by atoms with Gasteiger partial charge >= 0.3 is 0 Å². The van der Waals surface area contributed by atoms with Crippen molar-refractivity contribution in [3.8, 4) is 5.75 Å². The minimum Gasteiger partial charge on any atom is -0.492 e. The zero-order valence-corrected chi connectivity index (χ0v) is 19.6. The lowest BCUT2D eigenvalue weighted by atomic mass is 9.87. The van der Waals surface area contributed by atoms with Crippen molar-refractivity contribution in [1.29, 1.82) is 0 Å². The van der Waals surface area contributed by atoms with Crippen molar-refractivity contribution in [2.75, 3.05) is 32.8 Å². The van der Waals surface area contributed by atoms with Gasteiger partial charge in [-0.05, 0) is 86.5 Å². The molecule has 0 radical (unpaired) electrons. The Balaban J connectivity index is 1.14. The molecule has 1 amide bonds. The van der Waals surface area contributed by atoms with Gasteiger partial charge < -0.3 is 9.64 Å². The van der Waals surface area contributed by atoms with E-state index in [2.05, 4.69) is 40.2 Å². The third kappa shape index (κ3) is 5.22. The summed E-state index contributed by atoms with van der Waals surface area (Å²) in [5, 5.41) is 2.59. The molecule has 5 rings (SSSR count). The molecule has 2 aliphatic carbocycles. The summed E-state index contributed by atoms with van der Waals surface area (Å²) in [6.07, 6.45) is 18.3. The second-order valence-electron chi connectivity index (χ2n) is 10.5. The molecule has 4 aliphatic rings. The Labute approximate surface area is 193 Å². The molecule has 2 heterocycles. The Morgan fingerprint density at radius 3 is 2.56 bits per heavy atom. The zero-order valence-electron chi connectivity index (χ0n) is 19.6. The Kier molecular flexibility index (Phi) is 7.16. The molecule has 2 unspecified atom stereocenters. The van der Waals surface area contributed by atoms with E-state index in [1.807, 2.05) is 0 Å². The summed E-state index contributed by atoms with van der Waals surface area (Å²) >= 11 is 0. The number of amides is 1. The number of carbonyl (C=O) groups is 1. The van der Waals surface area contributed by atoms with E-state index in [0.717, 1.165) is 44.7 Å². The van der Waals surface area contributed by atoms with Crippen molar-refractivity contribution in [2.24, 2.45) is 11.8 Å². The summed E-state index contributed by atoms with van der Waals surface area (Å²) in [4.78, 5) is 17.8. The van der Waals surface area contributed by atoms with E-state index in [0.29, 0.717) is 17.9 Å². The molecule has 174 valence electrons. The highest BCUT2D eigenvalue weighted by molar-refractivity contribution is 5.81. The molecular weight excluding hydrogens is 396 g/mol. The fraction of sp³-hybridized carbons (Fsp3) is 0.679. The number of hydrogen-bond donors (Lipinski definition) is 0. The van der Waals surface area contributed by atoms with Crippen LogP contribution in [-0.2, 0) is 4.79 Å². The van der Waals surface area contributed by atoms with Crippen LogP contribution >= 0.6 is 0 Å². The third-order valence-corrected chi connectivity index (χ3v) is 8.19.